The molecule has 0 saturated heterocycles. The first-order chi connectivity index (χ1) is 5.95. The Labute approximate surface area is 77.4 Å². The fourth-order valence-electron chi connectivity index (χ4n) is 1.44. The molecule has 0 aliphatic heterocycles. The molecule has 70 valence electrons. The summed E-state index contributed by atoms with van der Waals surface area (Å²) in [6.07, 6.45) is 0. The van der Waals surface area contributed by atoms with Gasteiger partial charge in [-0.05, 0) is 38.8 Å². The van der Waals surface area contributed by atoms with Gasteiger partial charge in [0.25, 0.3) is 0 Å². The highest BCUT2D eigenvalue weighted by molar-refractivity contribution is 5.90. The number of aromatic nitrogens is 1. The molecule has 0 aliphatic carbocycles. The van der Waals surface area contributed by atoms with Gasteiger partial charge in [-0.3, -0.25) is 4.98 Å². The number of carboxylic acid groups (broad SMARTS) is 1. The normalized spacial score (nSPS) is 10.2. The van der Waals surface area contributed by atoms with Crippen LogP contribution >= 0.6 is 0 Å². The van der Waals surface area contributed by atoms with Crippen molar-refractivity contribution in [2.45, 2.75) is 27.7 Å². The van der Waals surface area contributed by atoms with Crippen molar-refractivity contribution in [1.29, 1.82) is 0 Å². The lowest BCUT2D eigenvalue weighted by Gasteiger charge is -2.09. The third-order valence-corrected chi connectivity index (χ3v) is 2.39. The lowest BCUT2D eigenvalue weighted by Crippen LogP contribution is -2.08. The molecule has 0 unspecified atom stereocenters. The fourth-order valence-corrected chi connectivity index (χ4v) is 1.44. The lowest BCUT2D eigenvalue weighted by atomic mass is 10.0. The number of hydrogen-bond donors (Lipinski definition) is 1. The highest BCUT2D eigenvalue weighted by atomic mass is 16.4. The minimum Gasteiger partial charge on any atom is -0.478 e. The van der Waals surface area contributed by atoms with E-state index in [1.54, 1.807) is 6.92 Å². The van der Waals surface area contributed by atoms with Crippen molar-refractivity contribution in [2.75, 3.05) is 0 Å². The van der Waals surface area contributed by atoms with E-state index in [9.17, 15) is 4.79 Å². The zero-order valence-electron chi connectivity index (χ0n) is 8.30. The molecular weight excluding hydrogens is 166 g/mol. The van der Waals surface area contributed by atoms with Gasteiger partial charge in [-0.2, -0.15) is 0 Å². The molecule has 0 atom stereocenters. The van der Waals surface area contributed by atoms with E-state index in [4.69, 9.17) is 5.11 Å². The first-order valence-electron chi connectivity index (χ1n) is 4.12. The van der Waals surface area contributed by atoms with Gasteiger partial charge in [-0.1, -0.05) is 0 Å². The van der Waals surface area contributed by atoms with Gasteiger partial charge in [0.05, 0.1) is 11.3 Å². The molecule has 0 saturated carbocycles. The Balaban J connectivity index is 3.53. The third-order valence-electron chi connectivity index (χ3n) is 2.39. The second-order valence-corrected chi connectivity index (χ2v) is 3.21. The first-order valence-corrected chi connectivity index (χ1v) is 4.12. The molecule has 13 heavy (non-hydrogen) atoms. The second kappa shape index (κ2) is 3.17. The third kappa shape index (κ3) is 1.54. The topological polar surface area (TPSA) is 50.2 Å². The number of aryl methyl sites for hydroxylation is 2. The van der Waals surface area contributed by atoms with Crippen molar-refractivity contribution in [1.82, 2.24) is 4.98 Å². The van der Waals surface area contributed by atoms with E-state index in [1.807, 2.05) is 20.8 Å². The Morgan fingerprint density at radius 2 is 1.62 bits per heavy atom. The van der Waals surface area contributed by atoms with Crippen LogP contribution in [0.25, 0.3) is 0 Å². The Morgan fingerprint density at radius 1 is 1.08 bits per heavy atom. The summed E-state index contributed by atoms with van der Waals surface area (Å²) < 4.78 is 0. The maximum Gasteiger partial charge on any atom is 0.337 e. The summed E-state index contributed by atoms with van der Waals surface area (Å²) in [5, 5.41) is 8.92. The summed E-state index contributed by atoms with van der Waals surface area (Å²) in [7, 11) is 0. The molecular formula is C10H13NO2. The molecule has 1 rings (SSSR count). The van der Waals surface area contributed by atoms with Gasteiger partial charge < -0.3 is 5.11 Å². The minimum absolute atomic E-state index is 0.336. The molecule has 0 aromatic carbocycles. The van der Waals surface area contributed by atoms with E-state index >= 15 is 0 Å². The van der Waals surface area contributed by atoms with E-state index in [0.717, 1.165) is 16.8 Å². The summed E-state index contributed by atoms with van der Waals surface area (Å²) in [6.45, 7) is 7.33. The van der Waals surface area contributed by atoms with Gasteiger partial charge in [0.2, 0.25) is 0 Å². The number of rotatable bonds is 1. The van der Waals surface area contributed by atoms with Crippen molar-refractivity contribution in [2.24, 2.45) is 0 Å². The van der Waals surface area contributed by atoms with E-state index < -0.39 is 5.97 Å². The second-order valence-electron chi connectivity index (χ2n) is 3.21. The molecule has 0 aliphatic rings. The van der Waals surface area contributed by atoms with Crippen molar-refractivity contribution in [3.05, 3.63) is 28.1 Å². The SMILES string of the molecule is Cc1nc(C)c(C(=O)O)c(C)c1C. The number of hydrogen-bond acceptors (Lipinski definition) is 2. The van der Waals surface area contributed by atoms with Crippen LogP contribution in [0.5, 0.6) is 0 Å². The minimum atomic E-state index is -0.898. The largest absolute Gasteiger partial charge is 0.478 e. The predicted octanol–water partition coefficient (Wildman–Crippen LogP) is 2.01. The van der Waals surface area contributed by atoms with Crippen LogP contribution in [-0.2, 0) is 0 Å². The summed E-state index contributed by atoms with van der Waals surface area (Å²) in [5.74, 6) is -0.898. The first kappa shape index (κ1) is 9.71. The summed E-state index contributed by atoms with van der Waals surface area (Å²) in [4.78, 5) is 15.0. The molecule has 0 bridgehead atoms. The monoisotopic (exact) mass is 179 g/mol. The quantitative estimate of drug-likeness (QED) is 0.717. The molecule has 1 aromatic heterocycles. The maximum atomic E-state index is 10.9. The van der Waals surface area contributed by atoms with Crippen LogP contribution in [0.1, 0.15) is 32.9 Å². The molecule has 3 heteroatoms. The fraction of sp³-hybridized carbons (Fsp3) is 0.400. The molecule has 1 N–H and O–H groups in total. The number of nitrogens with zero attached hydrogens (tertiary/aromatic N) is 1. The highest BCUT2D eigenvalue weighted by Gasteiger charge is 2.14. The number of carbonyl (C=O) groups is 1. The summed E-state index contributed by atoms with van der Waals surface area (Å²) in [6, 6.07) is 0. The predicted molar refractivity (Wildman–Crippen MR) is 50.1 cm³/mol. The van der Waals surface area contributed by atoms with Crippen LogP contribution in [0.3, 0.4) is 0 Å². The molecule has 0 spiro atoms. The highest BCUT2D eigenvalue weighted by Crippen LogP contribution is 2.18. The Hall–Kier alpha value is -1.38. The van der Waals surface area contributed by atoms with Crippen LogP contribution in [0.2, 0.25) is 0 Å². The van der Waals surface area contributed by atoms with Gasteiger partial charge in [-0.25, -0.2) is 4.79 Å². The van der Waals surface area contributed by atoms with Crippen molar-refractivity contribution < 1.29 is 9.90 Å². The van der Waals surface area contributed by atoms with Gasteiger partial charge in [0.1, 0.15) is 0 Å². The Kier molecular flexibility index (Phi) is 2.36. The van der Waals surface area contributed by atoms with E-state index in [-0.39, 0.29) is 0 Å². The van der Waals surface area contributed by atoms with Crippen molar-refractivity contribution >= 4 is 5.97 Å². The molecule has 0 radical (unpaired) electrons. The van der Waals surface area contributed by atoms with E-state index in [1.165, 1.54) is 0 Å². The lowest BCUT2D eigenvalue weighted by molar-refractivity contribution is 0.0694. The zero-order valence-corrected chi connectivity index (χ0v) is 8.30. The maximum absolute atomic E-state index is 10.9. The molecule has 0 amide bonds. The Bertz CT molecular complexity index is 370. The van der Waals surface area contributed by atoms with E-state index in [2.05, 4.69) is 4.98 Å². The van der Waals surface area contributed by atoms with Crippen LogP contribution in [-0.4, -0.2) is 16.1 Å². The van der Waals surface area contributed by atoms with Crippen LogP contribution in [0.4, 0.5) is 0 Å². The van der Waals surface area contributed by atoms with Crippen molar-refractivity contribution in [3.63, 3.8) is 0 Å². The average Bonchev–Trinajstić information content (AvgIpc) is 1.99. The molecule has 0 fully saturated rings. The van der Waals surface area contributed by atoms with Gasteiger partial charge in [0.15, 0.2) is 0 Å². The van der Waals surface area contributed by atoms with Crippen LogP contribution in [0.15, 0.2) is 0 Å². The smallest absolute Gasteiger partial charge is 0.337 e. The van der Waals surface area contributed by atoms with Crippen LogP contribution in [0, 0.1) is 27.7 Å². The van der Waals surface area contributed by atoms with Crippen molar-refractivity contribution in [3.8, 4) is 0 Å². The van der Waals surface area contributed by atoms with Gasteiger partial charge in [-0.15, -0.1) is 0 Å². The molecule has 1 aromatic rings. The number of carboxylic acids is 1. The van der Waals surface area contributed by atoms with Gasteiger partial charge >= 0.3 is 5.97 Å². The molecule has 3 nitrogen and oxygen atoms in total. The van der Waals surface area contributed by atoms with Crippen LogP contribution < -0.4 is 0 Å². The van der Waals surface area contributed by atoms with E-state index in [0.29, 0.717) is 11.3 Å². The van der Waals surface area contributed by atoms with Gasteiger partial charge in [0, 0.05) is 5.69 Å². The standard InChI is InChI=1S/C10H13NO2/c1-5-6(2)9(10(12)13)8(4)11-7(5)3/h1-4H3,(H,12,13). The molecule has 1 heterocycles. The number of aromatic carboxylic acids is 1. The Morgan fingerprint density at radius 3 is 2.08 bits per heavy atom. The zero-order chi connectivity index (χ0) is 10.2. The average molecular weight is 179 g/mol. The summed E-state index contributed by atoms with van der Waals surface area (Å²) in [5.41, 5.74) is 3.61. The summed E-state index contributed by atoms with van der Waals surface area (Å²) >= 11 is 0. The number of pyridine rings is 1.